The third-order valence-electron chi connectivity index (χ3n) is 3.33. The second-order valence-corrected chi connectivity index (χ2v) is 5.35. The maximum Gasteiger partial charge on any atom is 0.336 e. The highest BCUT2D eigenvalue weighted by Gasteiger charge is 2.23. The predicted molar refractivity (Wildman–Crippen MR) is 86.0 cm³/mol. The summed E-state index contributed by atoms with van der Waals surface area (Å²) in [6, 6.07) is 1.98. The first kappa shape index (κ1) is 19.9. The van der Waals surface area contributed by atoms with Gasteiger partial charge >= 0.3 is 23.9 Å². The van der Waals surface area contributed by atoms with Gasteiger partial charge < -0.3 is 20.1 Å². The molecule has 0 saturated carbocycles. The van der Waals surface area contributed by atoms with E-state index >= 15 is 0 Å². The van der Waals surface area contributed by atoms with Crippen LogP contribution in [0.3, 0.4) is 0 Å². The Morgan fingerprint density at radius 2 is 1.64 bits per heavy atom. The van der Waals surface area contributed by atoms with E-state index in [4.69, 9.17) is 14.9 Å². The van der Waals surface area contributed by atoms with Gasteiger partial charge in [-0.05, 0) is 43.9 Å². The van der Waals surface area contributed by atoms with Gasteiger partial charge in [-0.2, -0.15) is 0 Å². The van der Waals surface area contributed by atoms with Crippen LogP contribution in [0.2, 0.25) is 0 Å². The lowest BCUT2D eigenvalue weighted by molar-refractivity contribution is -0.139. The first-order valence-corrected chi connectivity index (χ1v) is 7.34. The van der Waals surface area contributed by atoms with E-state index in [1.165, 1.54) is 6.92 Å². The fourth-order valence-corrected chi connectivity index (χ4v) is 2.15. The van der Waals surface area contributed by atoms with E-state index in [1.54, 1.807) is 0 Å². The van der Waals surface area contributed by atoms with Crippen LogP contribution in [-0.4, -0.2) is 45.8 Å². The molecule has 8 heteroatoms. The number of carbonyl (C=O) groups excluding carboxylic acids is 1. The third kappa shape index (κ3) is 5.45. The fourth-order valence-electron chi connectivity index (χ4n) is 2.15. The molecule has 0 aromatic heterocycles. The first-order valence-electron chi connectivity index (χ1n) is 7.34. The average Bonchev–Trinajstić information content (AvgIpc) is 2.52. The minimum atomic E-state index is -1.52. The second-order valence-electron chi connectivity index (χ2n) is 5.35. The lowest BCUT2D eigenvalue weighted by Crippen LogP contribution is -2.14. The largest absolute Gasteiger partial charge is 0.478 e. The van der Waals surface area contributed by atoms with Crippen molar-refractivity contribution in [1.82, 2.24) is 0 Å². The molecule has 1 aromatic rings. The lowest BCUT2D eigenvalue weighted by atomic mass is 9.94. The van der Waals surface area contributed by atoms with Crippen molar-refractivity contribution < 1.29 is 39.2 Å². The first-order chi connectivity index (χ1) is 11.6. The van der Waals surface area contributed by atoms with Gasteiger partial charge in [0.1, 0.15) is 0 Å². The van der Waals surface area contributed by atoms with Crippen LogP contribution in [-0.2, 0) is 16.0 Å². The van der Waals surface area contributed by atoms with Gasteiger partial charge in [0.25, 0.3) is 0 Å². The molecule has 0 saturated heterocycles. The van der Waals surface area contributed by atoms with Gasteiger partial charge in [0.05, 0.1) is 23.3 Å². The Hall–Kier alpha value is -3.16. The molecule has 0 unspecified atom stereocenters. The van der Waals surface area contributed by atoms with Gasteiger partial charge in [-0.3, -0.25) is 0 Å². The number of hydrogen-bond donors (Lipinski definition) is 3. The Morgan fingerprint density at radius 1 is 1.00 bits per heavy atom. The standard InChI is InChI=1S/C17H18O8/c1-9(2)17(24)25-6-4-3-5-10-7-11(14(18)19)8-12(15(20)21)13(10)16(22)23/h7-8H,1,3-6H2,2H3,(H,18,19)(H,20,21)(H,22,23). The summed E-state index contributed by atoms with van der Waals surface area (Å²) in [5, 5.41) is 27.5. The van der Waals surface area contributed by atoms with E-state index in [0.29, 0.717) is 12.8 Å². The molecule has 0 heterocycles. The smallest absolute Gasteiger partial charge is 0.336 e. The van der Waals surface area contributed by atoms with Gasteiger partial charge in [-0.15, -0.1) is 0 Å². The summed E-state index contributed by atoms with van der Waals surface area (Å²) < 4.78 is 4.90. The van der Waals surface area contributed by atoms with Gasteiger partial charge in [0.15, 0.2) is 0 Å². The summed E-state index contributed by atoms with van der Waals surface area (Å²) in [5.74, 6) is -4.85. The van der Waals surface area contributed by atoms with E-state index in [9.17, 15) is 24.3 Å². The number of carboxylic acid groups (broad SMARTS) is 3. The van der Waals surface area contributed by atoms with Crippen molar-refractivity contribution in [3.8, 4) is 0 Å². The number of carbonyl (C=O) groups is 4. The Morgan fingerprint density at radius 3 is 2.12 bits per heavy atom. The molecular formula is C17H18O8. The zero-order valence-electron chi connectivity index (χ0n) is 13.6. The minimum Gasteiger partial charge on any atom is -0.478 e. The quantitative estimate of drug-likeness (QED) is 0.350. The summed E-state index contributed by atoms with van der Waals surface area (Å²) in [6.45, 7) is 5.04. The lowest BCUT2D eigenvalue weighted by Gasteiger charge is -2.11. The second kappa shape index (κ2) is 8.62. The number of benzene rings is 1. The van der Waals surface area contributed by atoms with E-state index in [1.807, 2.05) is 0 Å². The molecule has 0 aliphatic heterocycles. The normalized spacial score (nSPS) is 10.1. The Labute approximate surface area is 143 Å². The number of rotatable bonds is 9. The highest BCUT2D eigenvalue weighted by Crippen LogP contribution is 2.21. The van der Waals surface area contributed by atoms with Crippen LogP contribution in [0.15, 0.2) is 24.3 Å². The van der Waals surface area contributed by atoms with Crippen molar-refractivity contribution in [3.63, 3.8) is 0 Å². The van der Waals surface area contributed by atoms with Crippen LogP contribution in [0.4, 0.5) is 0 Å². The van der Waals surface area contributed by atoms with Crippen LogP contribution in [0.1, 0.15) is 56.4 Å². The van der Waals surface area contributed by atoms with E-state index in [0.717, 1.165) is 12.1 Å². The molecule has 0 bridgehead atoms. The molecular weight excluding hydrogens is 332 g/mol. The third-order valence-corrected chi connectivity index (χ3v) is 3.33. The van der Waals surface area contributed by atoms with Crippen LogP contribution in [0.25, 0.3) is 0 Å². The molecule has 0 spiro atoms. The summed E-state index contributed by atoms with van der Waals surface area (Å²) >= 11 is 0. The van der Waals surface area contributed by atoms with Crippen molar-refractivity contribution in [2.45, 2.75) is 26.2 Å². The summed E-state index contributed by atoms with van der Waals surface area (Å²) in [6.07, 6.45) is 0.914. The van der Waals surface area contributed by atoms with Crippen molar-refractivity contribution in [1.29, 1.82) is 0 Å². The van der Waals surface area contributed by atoms with Gasteiger partial charge in [-0.1, -0.05) is 6.58 Å². The number of esters is 1. The zero-order chi connectivity index (χ0) is 19.1. The number of hydrogen-bond acceptors (Lipinski definition) is 5. The van der Waals surface area contributed by atoms with Crippen LogP contribution < -0.4 is 0 Å². The zero-order valence-corrected chi connectivity index (χ0v) is 13.6. The number of aromatic carboxylic acids is 3. The molecule has 134 valence electrons. The molecule has 3 N–H and O–H groups in total. The topological polar surface area (TPSA) is 138 Å². The summed E-state index contributed by atoms with van der Waals surface area (Å²) in [5.41, 5.74) is -0.942. The molecule has 1 aromatic carbocycles. The Balaban J connectivity index is 2.95. The highest BCUT2D eigenvalue weighted by atomic mass is 16.5. The van der Waals surface area contributed by atoms with Gasteiger partial charge in [-0.25, -0.2) is 19.2 Å². The van der Waals surface area contributed by atoms with Crippen molar-refractivity contribution in [2.24, 2.45) is 0 Å². The van der Waals surface area contributed by atoms with E-state index < -0.39 is 35.0 Å². The molecule has 0 atom stereocenters. The Bertz CT molecular complexity index is 732. The monoisotopic (exact) mass is 350 g/mol. The van der Waals surface area contributed by atoms with Crippen molar-refractivity contribution in [2.75, 3.05) is 6.61 Å². The highest BCUT2D eigenvalue weighted by molar-refractivity contribution is 6.05. The van der Waals surface area contributed by atoms with Gasteiger partial charge in [0, 0.05) is 5.57 Å². The molecule has 0 aliphatic rings. The molecule has 0 radical (unpaired) electrons. The summed E-state index contributed by atoms with van der Waals surface area (Å²) in [4.78, 5) is 45.0. The molecule has 1 rings (SSSR count). The van der Waals surface area contributed by atoms with E-state index in [2.05, 4.69) is 6.58 Å². The molecule has 0 amide bonds. The summed E-state index contributed by atoms with van der Waals surface area (Å²) in [7, 11) is 0. The van der Waals surface area contributed by atoms with Crippen LogP contribution >= 0.6 is 0 Å². The SMILES string of the molecule is C=C(C)C(=O)OCCCCc1cc(C(=O)O)cc(C(=O)O)c1C(=O)O. The minimum absolute atomic E-state index is 0.0957. The maximum atomic E-state index is 11.4. The molecule has 25 heavy (non-hydrogen) atoms. The van der Waals surface area contributed by atoms with Crippen LogP contribution in [0.5, 0.6) is 0 Å². The number of aryl methyl sites for hydroxylation is 1. The van der Waals surface area contributed by atoms with Crippen LogP contribution in [0, 0.1) is 0 Å². The molecule has 8 nitrogen and oxygen atoms in total. The average molecular weight is 350 g/mol. The maximum absolute atomic E-state index is 11.4. The Kier molecular flexibility index (Phi) is 6.86. The molecule has 0 aliphatic carbocycles. The fraction of sp³-hybridized carbons (Fsp3) is 0.294. The number of ether oxygens (including phenoxy) is 1. The van der Waals surface area contributed by atoms with E-state index in [-0.39, 0.29) is 29.7 Å². The van der Waals surface area contributed by atoms with Crippen molar-refractivity contribution >= 4 is 23.9 Å². The predicted octanol–water partition coefficient (Wildman–Crippen LogP) is 2.22. The number of unbranched alkanes of at least 4 members (excludes halogenated alkanes) is 1. The molecule has 0 fully saturated rings. The van der Waals surface area contributed by atoms with Gasteiger partial charge in [0.2, 0.25) is 0 Å². The number of carboxylic acids is 3. The van der Waals surface area contributed by atoms with Crippen molar-refractivity contribution in [3.05, 3.63) is 46.5 Å².